The molecule has 0 aromatic rings. The van der Waals surface area contributed by atoms with Gasteiger partial charge < -0.3 is 15.2 Å². The Morgan fingerprint density at radius 2 is 2.00 bits per heavy atom. The molecule has 0 heterocycles. The number of hydrogen-bond donors (Lipinski definition) is 2. The molecular formula is C12H21NO3. The molecule has 4 heteroatoms. The molecule has 0 aromatic carbocycles. The molecule has 2 aliphatic carbocycles. The molecule has 92 valence electrons. The quantitative estimate of drug-likeness (QED) is 0.716. The van der Waals surface area contributed by atoms with Crippen LogP contribution in [0.25, 0.3) is 0 Å². The zero-order chi connectivity index (χ0) is 11.9. The van der Waals surface area contributed by atoms with Gasteiger partial charge in [-0.05, 0) is 46.0 Å². The summed E-state index contributed by atoms with van der Waals surface area (Å²) < 4.78 is 5.21. The van der Waals surface area contributed by atoms with Gasteiger partial charge >= 0.3 is 6.09 Å². The summed E-state index contributed by atoms with van der Waals surface area (Å²) in [6, 6.07) is 0.101. The maximum atomic E-state index is 11.6. The number of nitrogens with one attached hydrogen (secondary N) is 1. The Bertz CT molecular complexity index is 284. The van der Waals surface area contributed by atoms with Crippen molar-refractivity contribution in [1.82, 2.24) is 5.32 Å². The van der Waals surface area contributed by atoms with E-state index in [1.165, 1.54) is 0 Å². The fraction of sp³-hybridized carbons (Fsp3) is 0.917. The minimum atomic E-state index is -0.458. The Balaban J connectivity index is 1.85. The number of carbonyl (C=O) groups is 1. The Labute approximate surface area is 96.4 Å². The SMILES string of the molecule is CC(C)(C)OC(=O)N[C@@H]1C[C@@H]2C[C@H]1[C@@H](O)C2. The maximum Gasteiger partial charge on any atom is 0.407 e. The van der Waals surface area contributed by atoms with E-state index < -0.39 is 5.60 Å². The van der Waals surface area contributed by atoms with Crippen molar-refractivity contribution < 1.29 is 14.6 Å². The van der Waals surface area contributed by atoms with Crippen molar-refractivity contribution in [3.05, 3.63) is 0 Å². The van der Waals surface area contributed by atoms with Crippen molar-refractivity contribution in [3.63, 3.8) is 0 Å². The zero-order valence-electron chi connectivity index (χ0n) is 10.2. The summed E-state index contributed by atoms with van der Waals surface area (Å²) >= 11 is 0. The highest BCUT2D eigenvalue weighted by Gasteiger charge is 2.46. The van der Waals surface area contributed by atoms with Gasteiger partial charge in [0.1, 0.15) is 5.60 Å². The predicted octanol–water partition coefficient (Wildman–Crippen LogP) is 1.67. The Morgan fingerprint density at radius 3 is 2.50 bits per heavy atom. The summed E-state index contributed by atoms with van der Waals surface area (Å²) in [6.07, 6.45) is 2.33. The molecule has 4 atom stereocenters. The Kier molecular flexibility index (Phi) is 2.86. The molecule has 2 N–H and O–H groups in total. The van der Waals surface area contributed by atoms with Gasteiger partial charge in [0.05, 0.1) is 6.10 Å². The number of rotatable bonds is 1. The van der Waals surface area contributed by atoms with Gasteiger partial charge in [0.15, 0.2) is 0 Å². The first-order valence-corrected chi connectivity index (χ1v) is 6.03. The lowest BCUT2D eigenvalue weighted by molar-refractivity contribution is 0.0420. The second kappa shape index (κ2) is 3.91. The summed E-state index contributed by atoms with van der Waals surface area (Å²) in [5.41, 5.74) is -0.458. The summed E-state index contributed by atoms with van der Waals surface area (Å²) in [5, 5.41) is 12.6. The molecule has 2 aliphatic rings. The van der Waals surface area contributed by atoms with Crippen molar-refractivity contribution in [2.24, 2.45) is 11.8 Å². The normalized spacial score (nSPS) is 37.5. The topological polar surface area (TPSA) is 58.6 Å². The van der Waals surface area contributed by atoms with Gasteiger partial charge in [0, 0.05) is 12.0 Å². The van der Waals surface area contributed by atoms with E-state index in [0.29, 0.717) is 5.92 Å². The summed E-state index contributed by atoms with van der Waals surface area (Å²) in [7, 11) is 0. The molecule has 0 spiro atoms. The highest BCUT2D eigenvalue weighted by molar-refractivity contribution is 5.68. The van der Waals surface area contributed by atoms with Crippen molar-refractivity contribution in [1.29, 1.82) is 0 Å². The number of aliphatic hydroxyl groups excluding tert-OH is 1. The van der Waals surface area contributed by atoms with E-state index in [1.807, 2.05) is 20.8 Å². The Hall–Kier alpha value is -0.770. The average Bonchev–Trinajstić information content (AvgIpc) is 2.57. The van der Waals surface area contributed by atoms with Gasteiger partial charge in [-0.15, -0.1) is 0 Å². The van der Waals surface area contributed by atoms with Crippen LogP contribution in [0.1, 0.15) is 40.0 Å². The van der Waals surface area contributed by atoms with Gasteiger partial charge in [-0.3, -0.25) is 0 Å². The second-order valence-corrected chi connectivity index (χ2v) is 6.06. The van der Waals surface area contributed by atoms with Crippen LogP contribution < -0.4 is 5.32 Å². The fourth-order valence-corrected chi connectivity index (χ4v) is 2.94. The van der Waals surface area contributed by atoms with Gasteiger partial charge in [0.25, 0.3) is 0 Å². The number of hydrogen-bond acceptors (Lipinski definition) is 3. The maximum absolute atomic E-state index is 11.6. The minimum Gasteiger partial charge on any atom is -0.444 e. The zero-order valence-corrected chi connectivity index (χ0v) is 10.2. The van der Waals surface area contributed by atoms with Crippen molar-refractivity contribution >= 4 is 6.09 Å². The van der Waals surface area contributed by atoms with Crippen LogP contribution in [0.2, 0.25) is 0 Å². The van der Waals surface area contributed by atoms with E-state index in [4.69, 9.17) is 4.74 Å². The van der Waals surface area contributed by atoms with E-state index in [1.54, 1.807) is 0 Å². The van der Waals surface area contributed by atoms with Gasteiger partial charge in [-0.1, -0.05) is 0 Å². The number of amides is 1. The molecule has 0 aliphatic heterocycles. The number of alkyl carbamates (subject to hydrolysis) is 1. The van der Waals surface area contributed by atoms with Crippen LogP contribution in [0.5, 0.6) is 0 Å². The minimum absolute atomic E-state index is 0.101. The molecular weight excluding hydrogens is 206 g/mol. The smallest absolute Gasteiger partial charge is 0.407 e. The van der Waals surface area contributed by atoms with Crippen LogP contribution >= 0.6 is 0 Å². The molecule has 0 aromatic heterocycles. The van der Waals surface area contributed by atoms with Crippen LogP contribution in [0.15, 0.2) is 0 Å². The summed E-state index contributed by atoms with van der Waals surface area (Å²) in [6.45, 7) is 5.55. The lowest BCUT2D eigenvalue weighted by Crippen LogP contribution is -2.44. The molecule has 1 amide bonds. The molecule has 2 saturated carbocycles. The largest absolute Gasteiger partial charge is 0.444 e. The number of ether oxygens (including phenoxy) is 1. The van der Waals surface area contributed by atoms with E-state index in [2.05, 4.69) is 5.32 Å². The highest BCUT2D eigenvalue weighted by atomic mass is 16.6. The summed E-state index contributed by atoms with van der Waals surface area (Å²) in [4.78, 5) is 11.6. The third kappa shape index (κ3) is 2.48. The molecule has 4 nitrogen and oxygen atoms in total. The van der Waals surface area contributed by atoms with Gasteiger partial charge in [-0.2, -0.15) is 0 Å². The molecule has 0 radical (unpaired) electrons. The number of aliphatic hydroxyl groups is 1. The van der Waals surface area contributed by atoms with Gasteiger partial charge in [0.2, 0.25) is 0 Å². The third-order valence-electron chi connectivity index (χ3n) is 3.48. The molecule has 0 saturated heterocycles. The van der Waals surface area contributed by atoms with Crippen LogP contribution in [-0.4, -0.2) is 28.9 Å². The van der Waals surface area contributed by atoms with E-state index in [0.717, 1.165) is 19.3 Å². The molecule has 16 heavy (non-hydrogen) atoms. The average molecular weight is 227 g/mol. The summed E-state index contributed by atoms with van der Waals surface area (Å²) in [5.74, 6) is 0.817. The van der Waals surface area contributed by atoms with Crippen molar-refractivity contribution in [2.45, 2.75) is 57.8 Å². The second-order valence-electron chi connectivity index (χ2n) is 6.06. The van der Waals surface area contributed by atoms with Gasteiger partial charge in [-0.25, -0.2) is 4.79 Å². The lowest BCUT2D eigenvalue weighted by atomic mass is 9.93. The monoisotopic (exact) mass is 227 g/mol. The van der Waals surface area contributed by atoms with Crippen LogP contribution in [0.4, 0.5) is 4.79 Å². The first-order valence-electron chi connectivity index (χ1n) is 6.03. The first kappa shape index (κ1) is 11.7. The molecule has 2 fully saturated rings. The molecule has 2 rings (SSSR count). The van der Waals surface area contributed by atoms with Crippen LogP contribution in [0, 0.1) is 11.8 Å². The lowest BCUT2D eigenvalue weighted by Gasteiger charge is -2.28. The van der Waals surface area contributed by atoms with Crippen LogP contribution in [0.3, 0.4) is 0 Å². The number of fused-ring (bicyclic) bond motifs is 2. The first-order chi connectivity index (χ1) is 7.35. The fourth-order valence-electron chi connectivity index (χ4n) is 2.94. The molecule has 2 bridgehead atoms. The molecule has 0 unspecified atom stereocenters. The number of carbonyl (C=O) groups excluding carboxylic acids is 1. The van der Waals surface area contributed by atoms with Crippen molar-refractivity contribution in [2.75, 3.05) is 0 Å². The van der Waals surface area contributed by atoms with E-state index in [9.17, 15) is 9.90 Å². The standard InChI is InChI=1S/C12H21NO3/c1-12(2,3)16-11(15)13-9-5-7-4-8(9)10(14)6-7/h7-10,14H,4-6H2,1-3H3,(H,13,15)/t7-,8+,9+,10-/m0/s1. The predicted molar refractivity (Wildman–Crippen MR) is 60.0 cm³/mol. The third-order valence-corrected chi connectivity index (χ3v) is 3.48. The van der Waals surface area contributed by atoms with Crippen molar-refractivity contribution in [3.8, 4) is 0 Å². The van der Waals surface area contributed by atoms with E-state index >= 15 is 0 Å². The Morgan fingerprint density at radius 1 is 1.31 bits per heavy atom. The van der Waals surface area contributed by atoms with E-state index in [-0.39, 0.29) is 24.2 Å². The van der Waals surface area contributed by atoms with Crippen LogP contribution in [-0.2, 0) is 4.74 Å². The highest BCUT2D eigenvalue weighted by Crippen LogP contribution is 2.44.